The van der Waals surface area contributed by atoms with Gasteiger partial charge in [0.2, 0.25) is 5.91 Å². The number of benzene rings is 2. The van der Waals surface area contributed by atoms with Gasteiger partial charge in [0.1, 0.15) is 17.1 Å². The molecule has 1 saturated carbocycles. The van der Waals surface area contributed by atoms with E-state index in [9.17, 15) is 14.0 Å². The van der Waals surface area contributed by atoms with Crippen LogP contribution < -0.4 is 10.1 Å². The summed E-state index contributed by atoms with van der Waals surface area (Å²) in [6.45, 7) is 2.54. The maximum absolute atomic E-state index is 14.5. The zero-order chi connectivity index (χ0) is 21.6. The minimum absolute atomic E-state index is 0.248. The lowest BCUT2D eigenvalue weighted by molar-refractivity contribution is -0.121. The number of carbonyl (C=O) groups is 2. The van der Waals surface area contributed by atoms with Crippen LogP contribution in [-0.2, 0) is 14.9 Å². The first-order valence-corrected chi connectivity index (χ1v) is 10.4. The van der Waals surface area contributed by atoms with Crippen molar-refractivity contribution in [3.05, 3.63) is 59.4 Å². The molecule has 0 aromatic heterocycles. The Morgan fingerprint density at radius 1 is 1.13 bits per heavy atom. The molecule has 0 aliphatic heterocycles. The van der Waals surface area contributed by atoms with Gasteiger partial charge < -0.3 is 14.8 Å². The van der Waals surface area contributed by atoms with Crippen molar-refractivity contribution in [2.24, 2.45) is 0 Å². The molecule has 1 aliphatic carbocycles. The normalized spacial score (nSPS) is 14.9. The van der Waals surface area contributed by atoms with E-state index < -0.39 is 11.4 Å². The number of halogens is 1. The van der Waals surface area contributed by atoms with Crippen LogP contribution in [0.25, 0.3) is 0 Å². The number of methoxy groups -OCH3 is 1. The highest BCUT2D eigenvalue weighted by Gasteiger charge is 2.44. The Morgan fingerprint density at radius 2 is 1.87 bits per heavy atom. The molecule has 0 radical (unpaired) electrons. The standard InChI is InChI=1S/C24H28FNO4/c1-3-4-15-30-21-12-11-17(16-18(21)22(27)29-2)26-23(28)24(13-7-8-14-24)19-9-5-6-10-20(19)25/h5-6,9-12,16H,3-4,7-8,13-15H2,1-2H3,(H,26,28). The first-order valence-electron chi connectivity index (χ1n) is 10.4. The Labute approximate surface area is 176 Å². The van der Waals surface area contributed by atoms with Crippen molar-refractivity contribution in [1.29, 1.82) is 0 Å². The topological polar surface area (TPSA) is 64.6 Å². The average molecular weight is 413 g/mol. The number of rotatable bonds is 8. The number of unbranched alkanes of at least 4 members (excludes halogenated alkanes) is 1. The molecule has 0 bridgehead atoms. The van der Waals surface area contributed by atoms with Gasteiger partial charge in [-0.05, 0) is 43.5 Å². The highest BCUT2D eigenvalue weighted by molar-refractivity contribution is 6.01. The van der Waals surface area contributed by atoms with Gasteiger partial charge in [-0.1, -0.05) is 44.4 Å². The summed E-state index contributed by atoms with van der Waals surface area (Å²) in [5.74, 6) is -0.759. The molecule has 0 spiro atoms. The number of amides is 1. The van der Waals surface area contributed by atoms with Gasteiger partial charge in [-0.2, -0.15) is 0 Å². The second-order valence-electron chi connectivity index (χ2n) is 7.63. The average Bonchev–Trinajstić information content (AvgIpc) is 3.25. The second-order valence-corrected chi connectivity index (χ2v) is 7.63. The second kappa shape index (κ2) is 9.74. The first-order chi connectivity index (χ1) is 14.5. The molecule has 1 amide bonds. The van der Waals surface area contributed by atoms with Crippen molar-refractivity contribution >= 4 is 17.6 Å². The number of hydrogen-bond donors (Lipinski definition) is 1. The third-order valence-electron chi connectivity index (χ3n) is 5.68. The van der Waals surface area contributed by atoms with E-state index in [2.05, 4.69) is 12.2 Å². The predicted octanol–water partition coefficient (Wildman–Crippen LogP) is 5.24. The lowest BCUT2D eigenvalue weighted by Gasteiger charge is -2.28. The Balaban J connectivity index is 1.88. The Hall–Kier alpha value is -2.89. The Kier molecular flexibility index (Phi) is 7.08. The SMILES string of the molecule is CCCCOc1ccc(NC(=O)C2(c3ccccc3F)CCCC2)cc1C(=O)OC. The number of nitrogens with one attached hydrogen (secondary N) is 1. The van der Waals surface area contributed by atoms with Crippen LogP contribution in [-0.4, -0.2) is 25.6 Å². The number of ether oxygens (including phenoxy) is 2. The largest absolute Gasteiger partial charge is 0.493 e. The van der Waals surface area contributed by atoms with Crippen molar-refractivity contribution < 1.29 is 23.5 Å². The predicted molar refractivity (Wildman–Crippen MR) is 113 cm³/mol. The maximum atomic E-state index is 14.5. The van der Waals surface area contributed by atoms with E-state index in [4.69, 9.17) is 9.47 Å². The molecule has 5 nitrogen and oxygen atoms in total. The Bertz CT molecular complexity index is 906. The number of hydrogen-bond acceptors (Lipinski definition) is 4. The fraction of sp³-hybridized carbons (Fsp3) is 0.417. The van der Waals surface area contributed by atoms with Crippen molar-refractivity contribution in [2.45, 2.75) is 50.9 Å². The van der Waals surface area contributed by atoms with Crippen LogP contribution >= 0.6 is 0 Å². The lowest BCUT2D eigenvalue weighted by Crippen LogP contribution is -2.38. The van der Waals surface area contributed by atoms with Gasteiger partial charge in [-0.15, -0.1) is 0 Å². The van der Waals surface area contributed by atoms with Crippen LogP contribution in [0.5, 0.6) is 5.75 Å². The Morgan fingerprint density at radius 3 is 2.53 bits per heavy atom. The molecule has 3 rings (SSSR count). The van der Waals surface area contributed by atoms with E-state index in [1.807, 2.05) is 0 Å². The molecular weight excluding hydrogens is 385 g/mol. The monoisotopic (exact) mass is 413 g/mol. The van der Waals surface area contributed by atoms with E-state index in [-0.39, 0.29) is 17.3 Å². The van der Waals surface area contributed by atoms with Gasteiger partial charge in [0.25, 0.3) is 0 Å². The molecule has 160 valence electrons. The van der Waals surface area contributed by atoms with E-state index in [1.165, 1.54) is 13.2 Å². The van der Waals surface area contributed by atoms with Crippen molar-refractivity contribution in [1.82, 2.24) is 0 Å². The molecule has 1 fully saturated rings. The molecule has 0 atom stereocenters. The molecule has 2 aromatic rings. The summed E-state index contributed by atoms with van der Waals surface area (Å²) >= 11 is 0. The molecule has 6 heteroatoms. The molecule has 30 heavy (non-hydrogen) atoms. The van der Waals surface area contributed by atoms with Crippen molar-refractivity contribution in [2.75, 3.05) is 19.0 Å². The summed E-state index contributed by atoms with van der Waals surface area (Å²) < 4.78 is 25.1. The number of anilines is 1. The summed E-state index contributed by atoms with van der Waals surface area (Å²) in [7, 11) is 1.30. The number of esters is 1. The van der Waals surface area contributed by atoms with Gasteiger partial charge in [-0.3, -0.25) is 4.79 Å². The van der Waals surface area contributed by atoms with Crippen LogP contribution in [0, 0.1) is 5.82 Å². The van der Waals surface area contributed by atoms with Crippen molar-refractivity contribution in [3.8, 4) is 5.75 Å². The minimum atomic E-state index is -0.910. The summed E-state index contributed by atoms with van der Waals surface area (Å²) in [4.78, 5) is 25.5. The van der Waals surface area contributed by atoms with Crippen LogP contribution in [0.1, 0.15) is 61.4 Å². The zero-order valence-corrected chi connectivity index (χ0v) is 17.5. The summed E-state index contributed by atoms with van der Waals surface area (Å²) in [6.07, 6.45) is 4.73. The highest BCUT2D eigenvalue weighted by Crippen LogP contribution is 2.43. The van der Waals surface area contributed by atoms with Crippen LogP contribution in [0.4, 0.5) is 10.1 Å². The smallest absolute Gasteiger partial charge is 0.341 e. The van der Waals surface area contributed by atoms with Gasteiger partial charge in [-0.25, -0.2) is 9.18 Å². The molecule has 2 aromatic carbocycles. The highest BCUT2D eigenvalue weighted by atomic mass is 19.1. The van der Waals surface area contributed by atoms with Crippen LogP contribution in [0.15, 0.2) is 42.5 Å². The third kappa shape index (κ3) is 4.48. The molecule has 0 saturated heterocycles. The maximum Gasteiger partial charge on any atom is 0.341 e. The molecular formula is C24H28FNO4. The zero-order valence-electron chi connectivity index (χ0n) is 17.5. The van der Waals surface area contributed by atoms with E-state index >= 15 is 0 Å². The lowest BCUT2D eigenvalue weighted by atomic mass is 9.77. The van der Waals surface area contributed by atoms with E-state index in [0.29, 0.717) is 36.4 Å². The fourth-order valence-corrected chi connectivity index (χ4v) is 4.03. The summed E-state index contributed by atoms with van der Waals surface area (Å²) in [6, 6.07) is 11.3. The van der Waals surface area contributed by atoms with Crippen molar-refractivity contribution in [3.63, 3.8) is 0 Å². The molecule has 0 unspecified atom stereocenters. The van der Waals surface area contributed by atoms with Crippen LogP contribution in [0.3, 0.4) is 0 Å². The first kappa shape index (κ1) is 21.8. The summed E-state index contributed by atoms with van der Waals surface area (Å²) in [5.41, 5.74) is 0.212. The van der Waals surface area contributed by atoms with E-state index in [0.717, 1.165) is 25.7 Å². The van der Waals surface area contributed by atoms with Gasteiger partial charge in [0.05, 0.1) is 19.1 Å². The molecule has 0 heterocycles. The van der Waals surface area contributed by atoms with Gasteiger partial charge in [0, 0.05) is 11.3 Å². The third-order valence-corrected chi connectivity index (χ3v) is 5.68. The quantitative estimate of drug-likeness (QED) is 0.475. The van der Waals surface area contributed by atoms with Gasteiger partial charge >= 0.3 is 5.97 Å². The fourth-order valence-electron chi connectivity index (χ4n) is 4.03. The van der Waals surface area contributed by atoms with Gasteiger partial charge in [0.15, 0.2) is 0 Å². The van der Waals surface area contributed by atoms with E-state index in [1.54, 1.807) is 36.4 Å². The molecule has 1 aliphatic rings. The van der Waals surface area contributed by atoms with Crippen LogP contribution in [0.2, 0.25) is 0 Å². The summed E-state index contributed by atoms with van der Waals surface area (Å²) in [5, 5.41) is 2.90. The number of carbonyl (C=O) groups excluding carboxylic acids is 2. The molecule has 1 N–H and O–H groups in total. The minimum Gasteiger partial charge on any atom is -0.493 e.